The summed E-state index contributed by atoms with van der Waals surface area (Å²) in [7, 11) is 0. The fourth-order valence-corrected chi connectivity index (χ4v) is 2.88. The van der Waals surface area contributed by atoms with Gasteiger partial charge in [0.1, 0.15) is 0 Å². The van der Waals surface area contributed by atoms with Crippen LogP contribution in [0.25, 0.3) is 0 Å². The minimum Gasteiger partial charge on any atom is -0.351 e. The summed E-state index contributed by atoms with van der Waals surface area (Å²) < 4.78 is 0. The molecule has 0 bridgehead atoms. The first-order valence-corrected chi connectivity index (χ1v) is 8.54. The number of nitrogens with one attached hydrogen (secondary N) is 1. The predicted octanol–water partition coefficient (Wildman–Crippen LogP) is 4.34. The SMILES string of the molecule is CC(C)(Cc1ccc(Cl)cc1Cl)NC(=O)CCCCCCN. The molecule has 0 aliphatic rings. The van der Waals surface area contributed by atoms with Crippen molar-refractivity contribution in [2.45, 2.75) is 57.9 Å². The maximum Gasteiger partial charge on any atom is 0.220 e. The molecule has 1 aromatic carbocycles. The molecule has 0 heterocycles. The third-order valence-corrected chi connectivity index (χ3v) is 4.07. The Morgan fingerprint density at radius 1 is 1.18 bits per heavy atom. The van der Waals surface area contributed by atoms with Crippen LogP contribution in [0.15, 0.2) is 18.2 Å². The molecular formula is C17H26Cl2N2O. The van der Waals surface area contributed by atoms with E-state index in [4.69, 9.17) is 28.9 Å². The molecule has 0 aliphatic heterocycles. The Labute approximate surface area is 143 Å². The van der Waals surface area contributed by atoms with Gasteiger partial charge in [0, 0.05) is 22.0 Å². The quantitative estimate of drug-likeness (QED) is 0.654. The van der Waals surface area contributed by atoms with Gasteiger partial charge in [-0.2, -0.15) is 0 Å². The van der Waals surface area contributed by atoms with E-state index in [1.54, 1.807) is 6.07 Å². The summed E-state index contributed by atoms with van der Waals surface area (Å²) in [4.78, 5) is 12.0. The molecule has 0 unspecified atom stereocenters. The van der Waals surface area contributed by atoms with Crippen molar-refractivity contribution in [3.05, 3.63) is 33.8 Å². The Morgan fingerprint density at radius 2 is 1.86 bits per heavy atom. The van der Waals surface area contributed by atoms with Gasteiger partial charge in [0.05, 0.1) is 0 Å². The number of benzene rings is 1. The largest absolute Gasteiger partial charge is 0.351 e. The molecule has 3 nitrogen and oxygen atoms in total. The van der Waals surface area contributed by atoms with Gasteiger partial charge in [-0.1, -0.05) is 42.1 Å². The summed E-state index contributed by atoms with van der Waals surface area (Å²) in [5.74, 6) is 0.0860. The van der Waals surface area contributed by atoms with Crippen molar-refractivity contribution in [1.29, 1.82) is 0 Å². The number of rotatable bonds is 9. The monoisotopic (exact) mass is 344 g/mol. The minimum atomic E-state index is -0.341. The number of unbranched alkanes of at least 4 members (excludes halogenated alkanes) is 3. The molecule has 3 N–H and O–H groups in total. The first-order valence-electron chi connectivity index (χ1n) is 7.79. The number of hydrogen-bond donors (Lipinski definition) is 2. The van der Waals surface area contributed by atoms with E-state index in [9.17, 15) is 4.79 Å². The van der Waals surface area contributed by atoms with Crippen LogP contribution in [0.3, 0.4) is 0 Å². The maximum atomic E-state index is 12.0. The van der Waals surface area contributed by atoms with E-state index in [2.05, 4.69) is 5.32 Å². The van der Waals surface area contributed by atoms with Gasteiger partial charge >= 0.3 is 0 Å². The predicted molar refractivity (Wildman–Crippen MR) is 94.5 cm³/mol. The zero-order chi connectivity index (χ0) is 16.6. The molecule has 22 heavy (non-hydrogen) atoms. The van der Waals surface area contributed by atoms with Gasteiger partial charge in [-0.05, 0) is 57.4 Å². The first kappa shape index (κ1) is 19.3. The van der Waals surface area contributed by atoms with Crippen LogP contribution in [0, 0.1) is 0 Å². The van der Waals surface area contributed by atoms with Crippen LogP contribution in [0.5, 0.6) is 0 Å². The van der Waals surface area contributed by atoms with Gasteiger partial charge in [0.2, 0.25) is 5.91 Å². The first-order chi connectivity index (χ1) is 10.3. The third-order valence-electron chi connectivity index (χ3n) is 3.48. The van der Waals surface area contributed by atoms with E-state index in [1.165, 1.54) is 0 Å². The summed E-state index contributed by atoms with van der Waals surface area (Å²) in [6.45, 7) is 4.73. The zero-order valence-electron chi connectivity index (χ0n) is 13.4. The average Bonchev–Trinajstić information content (AvgIpc) is 2.41. The number of halogens is 2. The van der Waals surface area contributed by atoms with Crippen molar-refractivity contribution in [3.8, 4) is 0 Å². The number of carbonyl (C=O) groups is 1. The van der Waals surface area contributed by atoms with E-state index in [0.29, 0.717) is 22.9 Å². The molecule has 0 aromatic heterocycles. The molecule has 5 heteroatoms. The second-order valence-electron chi connectivity index (χ2n) is 6.30. The molecule has 124 valence electrons. The molecule has 0 saturated heterocycles. The maximum absolute atomic E-state index is 12.0. The number of amides is 1. The number of carbonyl (C=O) groups excluding carboxylic acids is 1. The molecule has 1 rings (SSSR count). The topological polar surface area (TPSA) is 55.1 Å². The highest BCUT2D eigenvalue weighted by molar-refractivity contribution is 6.35. The zero-order valence-corrected chi connectivity index (χ0v) is 14.9. The van der Waals surface area contributed by atoms with E-state index in [1.807, 2.05) is 26.0 Å². The van der Waals surface area contributed by atoms with Gasteiger partial charge in [-0.3, -0.25) is 4.79 Å². The summed E-state index contributed by atoms with van der Waals surface area (Å²) in [6.07, 6.45) is 5.30. The van der Waals surface area contributed by atoms with Crippen LogP contribution in [0.4, 0.5) is 0 Å². The van der Waals surface area contributed by atoms with Crippen molar-refractivity contribution in [3.63, 3.8) is 0 Å². The third kappa shape index (κ3) is 7.48. The molecule has 0 spiro atoms. The number of hydrogen-bond acceptors (Lipinski definition) is 2. The molecule has 0 atom stereocenters. The second-order valence-corrected chi connectivity index (χ2v) is 7.14. The van der Waals surface area contributed by atoms with Crippen LogP contribution < -0.4 is 11.1 Å². The van der Waals surface area contributed by atoms with E-state index < -0.39 is 0 Å². The molecule has 1 aromatic rings. The lowest BCUT2D eigenvalue weighted by Gasteiger charge is -2.27. The van der Waals surface area contributed by atoms with E-state index >= 15 is 0 Å². The highest BCUT2D eigenvalue weighted by Gasteiger charge is 2.22. The minimum absolute atomic E-state index is 0.0860. The van der Waals surface area contributed by atoms with Gasteiger partial charge in [0.25, 0.3) is 0 Å². The Morgan fingerprint density at radius 3 is 2.50 bits per heavy atom. The smallest absolute Gasteiger partial charge is 0.220 e. The molecular weight excluding hydrogens is 319 g/mol. The normalized spacial score (nSPS) is 11.5. The molecule has 0 aliphatic carbocycles. The van der Waals surface area contributed by atoms with Crippen LogP contribution in [0.1, 0.15) is 51.5 Å². The fourth-order valence-electron chi connectivity index (χ4n) is 2.41. The van der Waals surface area contributed by atoms with Crippen molar-refractivity contribution >= 4 is 29.1 Å². The van der Waals surface area contributed by atoms with Gasteiger partial charge in [-0.25, -0.2) is 0 Å². The van der Waals surface area contributed by atoms with Crippen molar-refractivity contribution in [1.82, 2.24) is 5.32 Å². The van der Waals surface area contributed by atoms with Gasteiger partial charge in [-0.15, -0.1) is 0 Å². The lowest BCUT2D eigenvalue weighted by Crippen LogP contribution is -2.45. The molecule has 0 saturated carbocycles. The summed E-state index contributed by atoms with van der Waals surface area (Å²) >= 11 is 12.1. The Bertz CT molecular complexity index is 490. The molecule has 0 fully saturated rings. The summed E-state index contributed by atoms with van der Waals surface area (Å²) in [5, 5.41) is 4.34. The lowest BCUT2D eigenvalue weighted by molar-refractivity contribution is -0.122. The van der Waals surface area contributed by atoms with E-state index in [0.717, 1.165) is 37.8 Å². The van der Waals surface area contributed by atoms with Gasteiger partial charge in [0.15, 0.2) is 0 Å². The standard InChI is InChI=1S/C17H26Cl2N2O/c1-17(2,12-13-8-9-14(18)11-15(13)19)21-16(22)7-5-3-4-6-10-20/h8-9,11H,3-7,10,12,20H2,1-2H3,(H,21,22). The van der Waals surface area contributed by atoms with Crippen LogP contribution in [0.2, 0.25) is 10.0 Å². The van der Waals surface area contributed by atoms with Crippen molar-refractivity contribution in [2.24, 2.45) is 5.73 Å². The van der Waals surface area contributed by atoms with Crippen LogP contribution in [-0.4, -0.2) is 18.0 Å². The number of nitrogens with two attached hydrogens (primary N) is 1. The second kappa shape index (κ2) is 9.39. The highest BCUT2D eigenvalue weighted by Crippen LogP contribution is 2.24. The van der Waals surface area contributed by atoms with Gasteiger partial charge < -0.3 is 11.1 Å². The Hall–Kier alpha value is -0.770. The Kier molecular flexibility index (Phi) is 8.23. The summed E-state index contributed by atoms with van der Waals surface area (Å²) in [5.41, 5.74) is 6.09. The molecule has 1 amide bonds. The van der Waals surface area contributed by atoms with Crippen LogP contribution in [-0.2, 0) is 11.2 Å². The Balaban J connectivity index is 2.43. The van der Waals surface area contributed by atoms with E-state index in [-0.39, 0.29) is 11.4 Å². The summed E-state index contributed by atoms with van der Waals surface area (Å²) in [6, 6.07) is 5.46. The average molecular weight is 345 g/mol. The molecule has 0 radical (unpaired) electrons. The van der Waals surface area contributed by atoms with Crippen molar-refractivity contribution < 1.29 is 4.79 Å². The fraction of sp³-hybridized carbons (Fsp3) is 0.588. The van der Waals surface area contributed by atoms with Crippen molar-refractivity contribution in [2.75, 3.05) is 6.54 Å². The lowest BCUT2D eigenvalue weighted by atomic mass is 9.94. The highest BCUT2D eigenvalue weighted by atomic mass is 35.5. The van der Waals surface area contributed by atoms with Crippen LogP contribution >= 0.6 is 23.2 Å².